The van der Waals surface area contributed by atoms with Gasteiger partial charge in [-0.15, -0.1) is 5.10 Å². The fourth-order valence-corrected chi connectivity index (χ4v) is 1.88. The van der Waals surface area contributed by atoms with Crippen molar-refractivity contribution in [2.45, 2.75) is 33.6 Å². The molecule has 1 N–H and O–H groups in total. The highest BCUT2D eigenvalue weighted by Gasteiger charge is 2.24. The first-order valence-electron chi connectivity index (χ1n) is 6.76. The van der Waals surface area contributed by atoms with E-state index >= 15 is 0 Å². The highest BCUT2D eigenvalue weighted by atomic mass is 16.5. The summed E-state index contributed by atoms with van der Waals surface area (Å²) >= 11 is 0. The van der Waals surface area contributed by atoms with Gasteiger partial charge in [-0.2, -0.15) is 0 Å². The van der Waals surface area contributed by atoms with Gasteiger partial charge in [-0.05, 0) is 12.8 Å². The van der Waals surface area contributed by atoms with E-state index in [9.17, 15) is 9.59 Å². The molecule has 1 aromatic heterocycles. The van der Waals surface area contributed by atoms with E-state index < -0.39 is 5.97 Å². The monoisotopic (exact) mass is 282 g/mol. The molecule has 0 saturated carbocycles. The third-order valence-corrected chi connectivity index (χ3v) is 3.26. The Morgan fingerprint density at radius 1 is 1.35 bits per heavy atom. The summed E-state index contributed by atoms with van der Waals surface area (Å²) < 4.78 is 4.64. The molecule has 0 unspecified atom stereocenters. The lowest BCUT2D eigenvalue weighted by atomic mass is 10.0. The average molecular weight is 282 g/mol. The molecule has 0 bridgehead atoms. The maximum atomic E-state index is 12.4. The molecule has 0 saturated heterocycles. The zero-order valence-corrected chi connectivity index (χ0v) is 12.5. The number of carbonyl (C=O) groups is 2. The lowest BCUT2D eigenvalue weighted by Gasteiger charge is -2.24. The molecule has 20 heavy (non-hydrogen) atoms. The minimum atomic E-state index is -0.448. The van der Waals surface area contributed by atoms with Crippen molar-refractivity contribution in [1.29, 1.82) is 0 Å². The van der Waals surface area contributed by atoms with Gasteiger partial charge in [0.1, 0.15) is 12.4 Å². The van der Waals surface area contributed by atoms with Crippen LogP contribution in [0.2, 0.25) is 0 Å². The molecular formula is C13H22N4O3. The predicted molar refractivity (Wildman–Crippen MR) is 73.1 cm³/mol. The summed E-state index contributed by atoms with van der Waals surface area (Å²) in [7, 11) is 1.30. The molecule has 0 radical (unpaired) electrons. The van der Waals surface area contributed by atoms with Crippen LogP contribution in [-0.2, 0) is 9.53 Å². The van der Waals surface area contributed by atoms with Crippen LogP contribution in [0.5, 0.6) is 0 Å². The first-order chi connectivity index (χ1) is 9.51. The van der Waals surface area contributed by atoms with Gasteiger partial charge >= 0.3 is 5.97 Å². The van der Waals surface area contributed by atoms with E-state index in [1.807, 2.05) is 0 Å². The Labute approximate surface area is 118 Å². The first-order valence-corrected chi connectivity index (χ1v) is 6.76. The van der Waals surface area contributed by atoms with Crippen LogP contribution in [0.25, 0.3) is 0 Å². The Morgan fingerprint density at radius 2 is 2.00 bits per heavy atom. The summed E-state index contributed by atoms with van der Waals surface area (Å²) in [5, 5.41) is 6.48. The van der Waals surface area contributed by atoms with E-state index in [0.29, 0.717) is 18.3 Å². The number of esters is 1. The van der Waals surface area contributed by atoms with Gasteiger partial charge in [0.05, 0.1) is 7.11 Å². The number of carbonyl (C=O) groups excluding carboxylic acids is 2. The molecule has 0 spiro atoms. The lowest BCUT2D eigenvalue weighted by Crippen LogP contribution is -2.40. The molecule has 0 aliphatic carbocycles. The van der Waals surface area contributed by atoms with E-state index in [-0.39, 0.29) is 18.3 Å². The van der Waals surface area contributed by atoms with Gasteiger partial charge in [-0.25, -0.2) is 4.98 Å². The number of nitrogens with zero attached hydrogens (tertiary/aromatic N) is 3. The number of ether oxygens (including phenoxy) is 1. The van der Waals surface area contributed by atoms with Crippen LogP contribution < -0.4 is 0 Å². The summed E-state index contributed by atoms with van der Waals surface area (Å²) in [6.45, 7) is 6.25. The van der Waals surface area contributed by atoms with Gasteiger partial charge in [0.15, 0.2) is 0 Å². The topological polar surface area (TPSA) is 88.2 Å². The summed E-state index contributed by atoms with van der Waals surface area (Å²) in [6, 6.07) is 0. The molecule has 0 aliphatic rings. The Bertz CT molecular complexity index is 454. The number of aromatic nitrogens is 3. The summed E-state index contributed by atoms with van der Waals surface area (Å²) in [6.07, 6.45) is 1.88. The molecule has 1 amide bonds. The standard InChI is InChI=1S/C13H22N4O3/c1-5-10(6-2)7-17(8-11(18)20-4)13(19)12-14-9(3)15-16-12/h10H,5-8H2,1-4H3,(H,14,15,16). The molecule has 112 valence electrons. The minimum absolute atomic E-state index is 0.0809. The minimum Gasteiger partial charge on any atom is -0.468 e. The average Bonchev–Trinajstić information content (AvgIpc) is 2.88. The molecular weight excluding hydrogens is 260 g/mol. The van der Waals surface area contributed by atoms with E-state index in [4.69, 9.17) is 0 Å². The number of aromatic amines is 1. The zero-order valence-electron chi connectivity index (χ0n) is 12.5. The van der Waals surface area contributed by atoms with Crippen molar-refractivity contribution in [3.05, 3.63) is 11.6 Å². The Balaban J connectivity index is 2.85. The number of aryl methyl sites for hydroxylation is 1. The lowest BCUT2D eigenvalue weighted by molar-refractivity contribution is -0.141. The van der Waals surface area contributed by atoms with Crippen molar-refractivity contribution in [3.63, 3.8) is 0 Å². The highest BCUT2D eigenvalue weighted by Crippen LogP contribution is 2.12. The number of rotatable bonds is 7. The molecule has 0 fully saturated rings. The van der Waals surface area contributed by atoms with Gasteiger partial charge in [0, 0.05) is 6.54 Å². The molecule has 0 atom stereocenters. The number of H-pyrrole nitrogens is 1. The van der Waals surface area contributed by atoms with Crippen molar-refractivity contribution in [2.75, 3.05) is 20.2 Å². The normalized spacial score (nSPS) is 10.7. The van der Waals surface area contributed by atoms with Gasteiger partial charge in [-0.3, -0.25) is 14.7 Å². The van der Waals surface area contributed by atoms with Crippen LogP contribution in [0.4, 0.5) is 0 Å². The third kappa shape index (κ3) is 4.32. The van der Waals surface area contributed by atoms with Crippen LogP contribution in [0.1, 0.15) is 43.1 Å². The molecule has 7 heteroatoms. The Hall–Kier alpha value is -1.92. The number of hydrogen-bond donors (Lipinski definition) is 1. The fourth-order valence-electron chi connectivity index (χ4n) is 1.88. The summed E-state index contributed by atoms with van der Waals surface area (Å²) in [5.74, 6) is 0.179. The Kier molecular flexibility index (Phi) is 6.14. The predicted octanol–water partition coefficient (Wildman–Crippen LogP) is 1.16. The molecule has 1 heterocycles. The van der Waals surface area contributed by atoms with Gasteiger partial charge in [-0.1, -0.05) is 26.7 Å². The van der Waals surface area contributed by atoms with Crippen molar-refractivity contribution < 1.29 is 14.3 Å². The van der Waals surface area contributed by atoms with Crippen LogP contribution in [0.15, 0.2) is 0 Å². The van der Waals surface area contributed by atoms with Crippen molar-refractivity contribution in [2.24, 2.45) is 5.92 Å². The van der Waals surface area contributed by atoms with Crippen LogP contribution in [-0.4, -0.2) is 52.2 Å². The largest absolute Gasteiger partial charge is 0.468 e. The number of amides is 1. The van der Waals surface area contributed by atoms with E-state index in [0.717, 1.165) is 12.8 Å². The third-order valence-electron chi connectivity index (χ3n) is 3.26. The number of nitrogens with one attached hydrogen (secondary N) is 1. The molecule has 0 aliphatic heterocycles. The SMILES string of the molecule is CCC(CC)CN(CC(=O)OC)C(=O)c1n[nH]c(C)n1. The van der Waals surface area contributed by atoms with Gasteiger partial charge in [0.25, 0.3) is 5.91 Å². The van der Waals surface area contributed by atoms with Crippen molar-refractivity contribution in [1.82, 2.24) is 20.1 Å². The van der Waals surface area contributed by atoms with Crippen molar-refractivity contribution in [3.8, 4) is 0 Å². The van der Waals surface area contributed by atoms with E-state index in [1.54, 1.807) is 6.92 Å². The maximum absolute atomic E-state index is 12.4. The number of hydrogen-bond acceptors (Lipinski definition) is 5. The second-order valence-corrected chi connectivity index (χ2v) is 4.69. The van der Waals surface area contributed by atoms with Crippen LogP contribution in [0, 0.1) is 12.8 Å². The zero-order chi connectivity index (χ0) is 15.1. The molecule has 7 nitrogen and oxygen atoms in total. The first kappa shape index (κ1) is 16.1. The second kappa shape index (κ2) is 7.62. The number of methoxy groups -OCH3 is 1. The molecule has 0 aromatic carbocycles. The smallest absolute Gasteiger partial charge is 0.325 e. The van der Waals surface area contributed by atoms with Gasteiger partial charge in [0.2, 0.25) is 5.82 Å². The Morgan fingerprint density at radius 3 is 2.45 bits per heavy atom. The molecule has 1 rings (SSSR count). The van der Waals surface area contributed by atoms with Gasteiger partial charge < -0.3 is 9.64 Å². The second-order valence-electron chi connectivity index (χ2n) is 4.69. The van der Waals surface area contributed by atoms with Crippen LogP contribution in [0.3, 0.4) is 0 Å². The van der Waals surface area contributed by atoms with E-state index in [2.05, 4.69) is 33.8 Å². The van der Waals surface area contributed by atoms with Crippen LogP contribution >= 0.6 is 0 Å². The molecule has 1 aromatic rings. The van der Waals surface area contributed by atoms with Crippen molar-refractivity contribution >= 4 is 11.9 Å². The maximum Gasteiger partial charge on any atom is 0.325 e. The van der Waals surface area contributed by atoms with E-state index in [1.165, 1.54) is 12.0 Å². The summed E-state index contributed by atoms with van der Waals surface area (Å²) in [4.78, 5) is 29.3. The fraction of sp³-hybridized carbons (Fsp3) is 0.692. The quantitative estimate of drug-likeness (QED) is 0.758. The summed E-state index contributed by atoms with van der Waals surface area (Å²) in [5.41, 5.74) is 0. The highest BCUT2D eigenvalue weighted by molar-refractivity contribution is 5.92.